The maximum absolute atomic E-state index is 10.5. The van der Waals surface area contributed by atoms with Crippen molar-refractivity contribution >= 4 is 11.3 Å². The third-order valence-corrected chi connectivity index (χ3v) is 3.83. The van der Waals surface area contributed by atoms with E-state index in [-0.39, 0.29) is 0 Å². The van der Waals surface area contributed by atoms with Crippen molar-refractivity contribution in [3.05, 3.63) is 33.8 Å². The van der Waals surface area contributed by atoms with Crippen molar-refractivity contribution in [3.63, 3.8) is 0 Å². The van der Waals surface area contributed by atoms with Crippen molar-refractivity contribution in [2.75, 3.05) is 7.11 Å². The largest absolute Gasteiger partial charge is 0.493 e. The highest BCUT2D eigenvalue weighted by Crippen LogP contribution is 2.33. The number of aromatic nitrogens is 2. The summed E-state index contributed by atoms with van der Waals surface area (Å²) in [7, 11) is 1.60. The van der Waals surface area contributed by atoms with Crippen molar-refractivity contribution in [1.82, 2.24) is 9.78 Å². The van der Waals surface area contributed by atoms with Gasteiger partial charge in [-0.3, -0.25) is 4.68 Å². The zero-order chi connectivity index (χ0) is 13.1. The second-order valence-corrected chi connectivity index (χ2v) is 4.98. The molecule has 1 N–H and O–H groups in total. The molecular formula is C13H18N2O2S. The molecule has 0 saturated heterocycles. The third-order valence-electron chi connectivity index (χ3n) is 2.95. The van der Waals surface area contributed by atoms with Gasteiger partial charge in [0.1, 0.15) is 11.8 Å². The Morgan fingerprint density at radius 1 is 1.50 bits per heavy atom. The second kappa shape index (κ2) is 5.54. The van der Waals surface area contributed by atoms with Gasteiger partial charge < -0.3 is 9.84 Å². The van der Waals surface area contributed by atoms with E-state index in [2.05, 4.69) is 12.0 Å². The summed E-state index contributed by atoms with van der Waals surface area (Å²) in [4.78, 5) is 0. The van der Waals surface area contributed by atoms with Gasteiger partial charge in [0.25, 0.3) is 0 Å². The highest BCUT2D eigenvalue weighted by atomic mass is 32.1. The summed E-state index contributed by atoms with van der Waals surface area (Å²) in [6.45, 7) is 4.86. The smallest absolute Gasteiger partial charge is 0.163 e. The molecule has 0 aliphatic heterocycles. The monoisotopic (exact) mass is 266 g/mol. The van der Waals surface area contributed by atoms with E-state index < -0.39 is 6.10 Å². The molecule has 0 bridgehead atoms. The molecule has 4 nitrogen and oxygen atoms in total. The van der Waals surface area contributed by atoms with Gasteiger partial charge in [0.15, 0.2) is 5.75 Å². The molecule has 0 aliphatic rings. The highest BCUT2D eigenvalue weighted by Gasteiger charge is 2.22. The molecular weight excluding hydrogens is 248 g/mol. The quantitative estimate of drug-likeness (QED) is 0.905. The van der Waals surface area contributed by atoms with Crippen molar-refractivity contribution in [2.45, 2.75) is 32.9 Å². The van der Waals surface area contributed by atoms with Gasteiger partial charge in [-0.15, -0.1) is 0 Å². The third kappa shape index (κ3) is 2.28. The molecule has 0 fully saturated rings. The zero-order valence-corrected chi connectivity index (χ0v) is 11.7. The average Bonchev–Trinajstić information content (AvgIpc) is 2.95. The Bertz CT molecular complexity index is 519. The molecule has 2 aromatic rings. The van der Waals surface area contributed by atoms with Crippen molar-refractivity contribution in [2.24, 2.45) is 0 Å². The van der Waals surface area contributed by atoms with Crippen molar-refractivity contribution in [1.29, 1.82) is 0 Å². The maximum Gasteiger partial charge on any atom is 0.163 e. The van der Waals surface area contributed by atoms with E-state index in [0.717, 1.165) is 29.8 Å². The van der Waals surface area contributed by atoms with Crippen LogP contribution in [-0.4, -0.2) is 22.0 Å². The van der Waals surface area contributed by atoms with E-state index in [1.54, 1.807) is 24.6 Å². The van der Waals surface area contributed by atoms with Crippen LogP contribution in [0.15, 0.2) is 17.0 Å². The molecule has 0 aliphatic carbocycles. The minimum Gasteiger partial charge on any atom is -0.493 e. The van der Waals surface area contributed by atoms with Gasteiger partial charge in [-0.2, -0.15) is 16.4 Å². The Morgan fingerprint density at radius 2 is 2.28 bits per heavy atom. The number of aryl methyl sites for hydroxylation is 2. The molecule has 5 heteroatoms. The fourth-order valence-corrected chi connectivity index (χ4v) is 2.87. The van der Waals surface area contributed by atoms with Gasteiger partial charge in [0.05, 0.1) is 13.3 Å². The van der Waals surface area contributed by atoms with Gasteiger partial charge in [-0.1, -0.05) is 6.92 Å². The standard InChI is InChI=1S/C13H18N2O2S/c1-4-5-15-12(11(17-3)6-14-15)13(16)10-8-18-7-9(10)2/h6-8,13,16H,4-5H2,1-3H3. The van der Waals surface area contributed by atoms with Crippen LogP contribution in [0.25, 0.3) is 0 Å². The summed E-state index contributed by atoms with van der Waals surface area (Å²) in [6, 6.07) is 0. The zero-order valence-electron chi connectivity index (χ0n) is 10.9. The average molecular weight is 266 g/mol. The number of aliphatic hydroxyl groups excluding tert-OH is 1. The molecule has 2 heterocycles. The topological polar surface area (TPSA) is 47.3 Å². The van der Waals surface area contributed by atoms with Crippen LogP contribution >= 0.6 is 11.3 Å². The SMILES string of the molecule is CCCn1ncc(OC)c1C(O)c1cscc1C. The predicted molar refractivity (Wildman–Crippen MR) is 72.2 cm³/mol. The molecule has 1 unspecified atom stereocenters. The van der Waals surface area contributed by atoms with Gasteiger partial charge in [-0.25, -0.2) is 0 Å². The number of hydrogen-bond donors (Lipinski definition) is 1. The molecule has 0 amide bonds. The van der Waals surface area contributed by atoms with Gasteiger partial charge in [-0.05, 0) is 29.7 Å². The second-order valence-electron chi connectivity index (χ2n) is 4.23. The Balaban J connectivity index is 2.42. The van der Waals surface area contributed by atoms with Crippen LogP contribution in [0.1, 0.15) is 36.3 Å². The van der Waals surface area contributed by atoms with Gasteiger partial charge >= 0.3 is 0 Å². The van der Waals surface area contributed by atoms with Crippen LogP contribution in [0.4, 0.5) is 0 Å². The first kappa shape index (κ1) is 13.1. The van der Waals surface area contributed by atoms with E-state index >= 15 is 0 Å². The van der Waals surface area contributed by atoms with E-state index in [0.29, 0.717) is 5.75 Å². The van der Waals surface area contributed by atoms with Crippen LogP contribution in [0, 0.1) is 6.92 Å². The minimum absolute atomic E-state index is 0.640. The number of rotatable bonds is 5. The molecule has 98 valence electrons. The van der Waals surface area contributed by atoms with E-state index in [1.165, 1.54) is 0 Å². The van der Waals surface area contributed by atoms with Gasteiger partial charge in [0.2, 0.25) is 0 Å². The number of ether oxygens (including phenoxy) is 1. The molecule has 1 atom stereocenters. The van der Waals surface area contributed by atoms with Gasteiger partial charge in [0, 0.05) is 12.1 Å². The molecule has 0 radical (unpaired) electrons. The molecule has 0 saturated carbocycles. The van der Waals surface area contributed by atoms with Crippen LogP contribution in [0.2, 0.25) is 0 Å². The number of thiophene rings is 1. The summed E-state index contributed by atoms with van der Waals surface area (Å²) >= 11 is 1.59. The number of nitrogens with zero attached hydrogens (tertiary/aromatic N) is 2. The lowest BCUT2D eigenvalue weighted by Gasteiger charge is -2.14. The summed E-state index contributed by atoms with van der Waals surface area (Å²) in [5, 5.41) is 18.8. The lowest BCUT2D eigenvalue weighted by atomic mass is 10.1. The first-order valence-electron chi connectivity index (χ1n) is 5.99. The Kier molecular flexibility index (Phi) is 4.04. The number of methoxy groups -OCH3 is 1. The number of hydrogen-bond acceptors (Lipinski definition) is 4. The first-order valence-corrected chi connectivity index (χ1v) is 6.93. The fraction of sp³-hybridized carbons (Fsp3) is 0.462. The van der Waals surface area contributed by atoms with Crippen molar-refractivity contribution in [3.8, 4) is 5.75 Å². The van der Waals surface area contributed by atoms with E-state index in [9.17, 15) is 5.11 Å². The van der Waals surface area contributed by atoms with E-state index in [1.807, 2.05) is 22.4 Å². The lowest BCUT2D eigenvalue weighted by Crippen LogP contribution is -2.11. The fourth-order valence-electron chi connectivity index (χ4n) is 2.00. The minimum atomic E-state index is -0.680. The van der Waals surface area contributed by atoms with Crippen molar-refractivity contribution < 1.29 is 9.84 Å². The Morgan fingerprint density at radius 3 is 2.83 bits per heavy atom. The van der Waals surface area contributed by atoms with Crippen LogP contribution in [-0.2, 0) is 6.54 Å². The highest BCUT2D eigenvalue weighted by molar-refractivity contribution is 7.08. The molecule has 0 aromatic carbocycles. The number of aliphatic hydroxyl groups is 1. The summed E-state index contributed by atoms with van der Waals surface area (Å²) in [6.07, 6.45) is 1.95. The first-order chi connectivity index (χ1) is 8.69. The lowest BCUT2D eigenvalue weighted by molar-refractivity contribution is 0.201. The van der Waals surface area contributed by atoms with E-state index in [4.69, 9.17) is 4.74 Å². The Hall–Kier alpha value is -1.33. The molecule has 2 aromatic heterocycles. The van der Waals surface area contributed by atoms with Crippen LogP contribution in [0.3, 0.4) is 0 Å². The summed E-state index contributed by atoms with van der Waals surface area (Å²) in [5.41, 5.74) is 2.76. The molecule has 0 spiro atoms. The summed E-state index contributed by atoms with van der Waals surface area (Å²) in [5.74, 6) is 0.640. The predicted octanol–water partition coefficient (Wildman–Crippen LogP) is 2.75. The molecule has 18 heavy (non-hydrogen) atoms. The van der Waals surface area contributed by atoms with Crippen LogP contribution in [0.5, 0.6) is 5.75 Å². The molecule has 2 rings (SSSR count). The normalized spacial score (nSPS) is 12.7. The van der Waals surface area contributed by atoms with Crippen LogP contribution < -0.4 is 4.74 Å². The Labute approximate surface area is 111 Å². The maximum atomic E-state index is 10.5. The summed E-state index contributed by atoms with van der Waals surface area (Å²) < 4.78 is 7.11.